The fraction of sp³-hybridized carbons (Fsp3) is 0.625. The summed E-state index contributed by atoms with van der Waals surface area (Å²) in [7, 11) is 1.34. The van der Waals surface area contributed by atoms with Crippen LogP contribution >= 0.6 is 12.4 Å². The molecule has 0 bridgehead atoms. The third-order valence-corrected chi connectivity index (χ3v) is 4.92. The van der Waals surface area contributed by atoms with Crippen LogP contribution < -0.4 is 10.6 Å². The fourth-order valence-electron chi connectivity index (χ4n) is 3.44. The minimum absolute atomic E-state index is 0. The largest absolute Gasteiger partial charge is 0.465 e. The number of hydrogen-bond donors (Lipinski definition) is 2. The molecule has 2 aliphatic rings. The van der Waals surface area contributed by atoms with E-state index in [-0.39, 0.29) is 29.6 Å². The second kappa shape index (κ2) is 6.93. The Labute approximate surface area is 141 Å². The van der Waals surface area contributed by atoms with Crippen molar-refractivity contribution in [2.45, 2.75) is 32.7 Å². The summed E-state index contributed by atoms with van der Waals surface area (Å²) >= 11 is 0. The van der Waals surface area contributed by atoms with Crippen molar-refractivity contribution in [2.24, 2.45) is 11.3 Å². The molecular formula is C16H23ClN2O4. The first kappa shape index (κ1) is 17.8. The van der Waals surface area contributed by atoms with E-state index in [4.69, 9.17) is 4.42 Å². The van der Waals surface area contributed by atoms with Crippen LogP contribution in [0.4, 0.5) is 0 Å². The van der Waals surface area contributed by atoms with Crippen LogP contribution in [-0.2, 0) is 16.1 Å². The number of methoxy groups -OCH3 is 1. The summed E-state index contributed by atoms with van der Waals surface area (Å²) in [5, 5.41) is 6.26. The lowest BCUT2D eigenvalue weighted by molar-refractivity contribution is -0.123. The van der Waals surface area contributed by atoms with Gasteiger partial charge in [0.2, 0.25) is 5.91 Å². The maximum atomic E-state index is 12.3. The van der Waals surface area contributed by atoms with Gasteiger partial charge in [-0.3, -0.25) is 4.79 Å². The second-order valence-corrected chi connectivity index (χ2v) is 6.26. The molecule has 1 aromatic rings. The number of rotatable bonds is 4. The third-order valence-electron chi connectivity index (χ3n) is 4.92. The summed E-state index contributed by atoms with van der Waals surface area (Å²) in [6.45, 7) is 4.03. The number of carbonyl (C=O) groups is 2. The van der Waals surface area contributed by atoms with E-state index in [9.17, 15) is 9.59 Å². The predicted octanol–water partition coefficient (Wildman–Crippen LogP) is 1.80. The molecule has 1 amide bonds. The van der Waals surface area contributed by atoms with E-state index in [0.717, 1.165) is 32.4 Å². The van der Waals surface area contributed by atoms with Crippen LogP contribution in [0.15, 0.2) is 10.5 Å². The average molecular weight is 343 g/mol. The summed E-state index contributed by atoms with van der Waals surface area (Å²) < 4.78 is 10.2. The van der Waals surface area contributed by atoms with Crippen molar-refractivity contribution in [3.8, 4) is 0 Å². The number of hydrogen-bond acceptors (Lipinski definition) is 5. The van der Waals surface area contributed by atoms with Gasteiger partial charge in [-0.1, -0.05) is 0 Å². The molecule has 2 fully saturated rings. The molecule has 1 atom stereocenters. The van der Waals surface area contributed by atoms with Gasteiger partial charge >= 0.3 is 5.97 Å². The molecule has 7 heteroatoms. The van der Waals surface area contributed by atoms with Gasteiger partial charge in [-0.05, 0) is 50.8 Å². The Kier molecular flexibility index (Phi) is 5.37. The molecule has 0 radical (unpaired) electrons. The van der Waals surface area contributed by atoms with E-state index in [0.29, 0.717) is 23.6 Å². The molecule has 2 heterocycles. The first-order chi connectivity index (χ1) is 10.6. The number of aryl methyl sites for hydroxylation is 1. The zero-order valence-electron chi connectivity index (χ0n) is 13.4. The van der Waals surface area contributed by atoms with Gasteiger partial charge in [-0.15, -0.1) is 12.4 Å². The number of esters is 1. The number of amides is 1. The van der Waals surface area contributed by atoms with Crippen molar-refractivity contribution in [1.82, 2.24) is 10.6 Å². The van der Waals surface area contributed by atoms with Gasteiger partial charge in [0.15, 0.2) is 0 Å². The van der Waals surface area contributed by atoms with Crippen molar-refractivity contribution in [3.05, 3.63) is 23.2 Å². The van der Waals surface area contributed by atoms with Crippen LogP contribution in [0.2, 0.25) is 0 Å². The normalized spacial score (nSPS) is 21.4. The molecule has 1 aliphatic heterocycles. The van der Waals surface area contributed by atoms with Crippen LogP contribution in [0, 0.1) is 18.3 Å². The number of nitrogens with one attached hydrogen (secondary N) is 2. The first-order valence-corrected chi connectivity index (χ1v) is 7.72. The summed E-state index contributed by atoms with van der Waals surface area (Å²) in [5.74, 6) is 0.889. The lowest BCUT2D eigenvalue weighted by Crippen LogP contribution is -2.33. The van der Waals surface area contributed by atoms with Crippen molar-refractivity contribution in [1.29, 1.82) is 0 Å². The van der Waals surface area contributed by atoms with Crippen molar-refractivity contribution in [2.75, 3.05) is 20.2 Å². The Morgan fingerprint density at radius 2 is 2.13 bits per heavy atom. The molecule has 23 heavy (non-hydrogen) atoms. The van der Waals surface area contributed by atoms with Crippen LogP contribution in [0.1, 0.15) is 41.1 Å². The molecule has 1 spiro atoms. The van der Waals surface area contributed by atoms with Gasteiger partial charge in [0, 0.05) is 5.92 Å². The van der Waals surface area contributed by atoms with E-state index in [1.807, 2.05) is 0 Å². The number of furan rings is 1. The van der Waals surface area contributed by atoms with Crippen molar-refractivity contribution >= 4 is 24.3 Å². The highest BCUT2D eigenvalue weighted by Gasteiger charge is 2.57. The number of piperidine rings is 1. The molecule has 1 aliphatic carbocycles. The van der Waals surface area contributed by atoms with E-state index < -0.39 is 5.97 Å². The van der Waals surface area contributed by atoms with Gasteiger partial charge in [-0.25, -0.2) is 4.79 Å². The average Bonchev–Trinajstić information content (AvgIpc) is 3.08. The van der Waals surface area contributed by atoms with Crippen LogP contribution in [0.5, 0.6) is 0 Å². The predicted molar refractivity (Wildman–Crippen MR) is 86.5 cm³/mol. The van der Waals surface area contributed by atoms with Crippen LogP contribution in [-0.4, -0.2) is 32.1 Å². The van der Waals surface area contributed by atoms with E-state index in [1.165, 1.54) is 7.11 Å². The maximum Gasteiger partial charge on any atom is 0.341 e. The first-order valence-electron chi connectivity index (χ1n) is 7.72. The molecule has 3 rings (SSSR count). The van der Waals surface area contributed by atoms with Gasteiger partial charge in [0.1, 0.15) is 17.1 Å². The van der Waals surface area contributed by atoms with Gasteiger partial charge in [0.05, 0.1) is 13.7 Å². The molecule has 6 nitrogen and oxygen atoms in total. The molecule has 0 aromatic carbocycles. The van der Waals surface area contributed by atoms with Gasteiger partial charge in [-0.2, -0.15) is 0 Å². The van der Waals surface area contributed by atoms with Gasteiger partial charge in [0.25, 0.3) is 0 Å². The number of ether oxygens (including phenoxy) is 1. The standard InChI is InChI=1S/C16H22N2O4.ClH/c1-10-12(15(20)21-2)7-11(22-10)9-18-14(19)13-8-16(13)3-5-17-6-4-16;/h7,13,17H,3-6,8-9H2,1-2H3,(H,18,19);1H. The topological polar surface area (TPSA) is 80.6 Å². The number of halogens is 1. The van der Waals surface area contributed by atoms with Crippen molar-refractivity contribution in [3.63, 3.8) is 0 Å². The van der Waals surface area contributed by atoms with Gasteiger partial charge < -0.3 is 19.8 Å². The summed E-state index contributed by atoms with van der Waals surface area (Å²) in [4.78, 5) is 23.8. The lowest BCUT2D eigenvalue weighted by Gasteiger charge is -2.23. The van der Waals surface area contributed by atoms with Crippen molar-refractivity contribution < 1.29 is 18.7 Å². The molecular weight excluding hydrogens is 320 g/mol. The second-order valence-electron chi connectivity index (χ2n) is 6.26. The molecule has 1 saturated carbocycles. The minimum atomic E-state index is -0.422. The smallest absolute Gasteiger partial charge is 0.341 e. The van der Waals surface area contributed by atoms with E-state index in [1.54, 1.807) is 13.0 Å². The Hall–Kier alpha value is -1.53. The molecule has 128 valence electrons. The lowest BCUT2D eigenvalue weighted by atomic mass is 9.92. The monoisotopic (exact) mass is 342 g/mol. The minimum Gasteiger partial charge on any atom is -0.465 e. The Balaban J connectivity index is 0.00000192. The molecule has 1 aromatic heterocycles. The van der Waals surface area contributed by atoms with E-state index >= 15 is 0 Å². The highest BCUT2D eigenvalue weighted by atomic mass is 35.5. The quantitative estimate of drug-likeness (QED) is 0.816. The highest BCUT2D eigenvalue weighted by molar-refractivity contribution is 5.90. The van der Waals surface area contributed by atoms with E-state index in [2.05, 4.69) is 15.4 Å². The highest BCUT2D eigenvalue weighted by Crippen LogP contribution is 2.58. The molecule has 1 saturated heterocycles. The zero-order valence-corrected chi connectivity index (χ0v) is 14.3. The zero-order chi connectivity index (χ0) is 15.7. The Morgan fingerprint density at radius 1 is 1.43 bits per heavy atom. The molecule has 2 N–H and O–H groups in total. The Bertz CT molecular complexity index is 593. The fourth-order valence-corrected chi connectivity index (χ4v) is 3.44. The third kappa shape index (κ3) is 3.53. The SMILES string of the molecule is COC(=O)c1cc(CNC(=O)C2CC23CCNCC3)oc1C.Cl. The Morgan fingerprint density at radius 3 is 2.78 bits per heavy atom. The number of carbonyl (C=O) groups excluding carboxylic acids is 2. The molecule has 1 unspecified atom stereocenters. The summed E-state index contributed by atoms with van der Waals surface area (Å²) in [6, 6.07) is 1.63. The summed E-state index contributed by atoms with van der Waals surface area (Å²) in [5.41, 5.74) is 0.638. The maximum absolute atomic E-state index is 12.3. The van der Waals surface area contributed by atoms with Crippen LogP contribution in [0.3, 0.4) is 0 Å². The van der Waals surface area contributed by atoms with Crippen LogP contribution in [0.25, 0.3) is 0 Å². The summed E-state index contributed by atoms with van der Waals surface area (Å²) in [6.07, 6.45) is 3.15.